The summed E-state index contributed by atoms with van der Waals surface area (Å²) < 4.78 is 0. The minimum absolute atomic E-state index is 0.469. The lowest BCUT2D eigenvalue weighted by Crippen LogP contribution is -2.20. The van der Waals surface area contributed by atoms with E-state index in [9.17, 15) is 5.41 Å². The molecule has 1 aliphatic heterocycles. The van der Waals surface area contributed by atoms with Gasteiger partial charge >= 0.3 is 0 Å². The van der Waals surface area contributed by atoms with Crippen molar-refractivity contribution in [1.82, 2.24) is 10.3 Å². The van der Waals surface area contributed by atoms with Crippen molar-refractivity contribution in [3.05, 3.63) is 258 Å². The number of aromatic nitrogens is 1. The second-order valence-electron chi connectivity index (χ2n) is 15.2. The van der Waals surface area contributed by atoms with Gasteiger partial charge in [-0.3, -0.25) is 5.41 Å². The van der Waals surface area contributed by atoms with Gasteiger partial charge in [-0.05, 0) is 74.3 Å². The Morgan fingerprint density at radius 3 is 1.28 bits per heavy atom. The third-order valence-electron chi connectivity index (χ3n) is 11.3. The van der Waals surface area contributed by atoms with Gasteiger partial charge in [0.15, 0.2) is 0 Å². The summed E-state index contributed by atoms with van der Waals surface area (Å²) in [5, 5.41) is 13.3. The molecular weight excluding hydrogens is 739 g/mol. The first-order valence-electron chi connectivity index (χ1n) is 20.6. The monoisotopic (exact) mass is 779 g/mol. The highest BCUT2D eigenvalue weighted by Gasteiger charge is 2.24. The van der Waals surface area contributed by atoms with Gasteiger partial charge in [-0.25, -0.2) is 4.98 Å². The molecule has 0 atom stereocenters. The van der Waals surface area contributed by atoms with Crippen LogP contribution in [0.15, 0.2) is 231 Å². The number of pyridine rings is 1. The van der Waals surface area contributed by atoms with E-state index in [1.54, 1.807) is 0 Å². The van der Waals surface area contributed by atoms with Crippen LogP contribution in [0.3, 0.4) is 0 Å². The van der Waals surface area contributed by atoms with Gasteiger partial charge < -0.3 is 5.32 Å². The van der Waals surface area contributed by atoms with E-state index in [0.717, 1.165) is 101 Å². The Balaban J connectivity index is 0.990. The first-order valence-corrected chi connectivity index (χ1v) is 20.6. The zero-order valence-corrected chi connectivity index (χ0v) is 33.5. The first kappa shape index (κ1) is 37.2. The number of allylic oxidation sites excluding steroid dienone is 1. The molecule has 0 fully saturated rings. The minimum Gasteiger partial charge on any atom is -0.354 e. The molecule has 3 heteroatoms. The largest absolute Gasteiger partial charge is 0.354 e. The molecule has 0 spiro atoms. The van der Waals surface area contributed by atoms with E-state index in [0.29, 0.717) is 5.71 Å². The minimum atomic E-state index is 0.469. The van der Waals surface area contributed by atoms with Crippen LogP contribution in [0.2, 0.25) is 0 Å². The van der Waals surface area contributed by atoms with Gasteiger partial charge in [0.25, 0.3) is 0 Å². The molecule has 1 aliphatic rings. The fourth-order valence-corrected chi connectivity index (χ4v) is 8.14. The van der Waals surface area contributed by atoms with Gasteiger partial charge in [0.05, 0.1) is 22.8 Å². The number of hydrogen-bond acceptors (Lipinski definition) is 3. The molecule has 1 aromatic heterocycles. The Labute approximate surface area is 357 Å². The van der Waals surface area contributed by atoms with Crippen LogP contribution in [-0.2, 0) is 0 Å². The molecular formula is C58H41N3. The van der Waals surface area contributed by atoms with E-state index in [2.05, 4.69) is 175 Å². The predicted octanol–water partition coefficient (Wildman–Crippen LogP) is 14.5. The summed E-state index contributed by atoms with van der Waals surface area (Å²) in [5.41, 5.74) is 19.3. The van der Waals surface area contributed by atoms with Crippen molar-refractivity contribution in [2.75, 3.05) is 0 Å². The molecule has 0 amide bonds. The van der Waals surface area contributed by atoms with Crippen LogP contribution in [0.25, 0.3) is 78.9 Å². The van der Waals surface area contributed by atoms with Gasteiger partial charge in [0.2, 0.25) is 0 Å². The normalized spacial score (nSPS) is 12.8. The fraction of sp³-hybridized carbons (Fsp3) is 0. The van der Waals surface area contributed by atoms with Crippen molar-refractivity contribution < 1.29 is 0 Å². The van der Waals surface area contributed by atoms with Crippen LogP contribution >= 0.6 is 0 Å². The second-order valence-corrected chi connectivity index (χ2v) is 15.2. The second kappa shape index (κ2) is 16.6. The van der Waals surface area contributed by atoms with E-state index < -0.39 is 0 Å². The molecule has 0 aliphatic carbocycles. The van der Waals surface area contributed by atoms with Crippen molar-refractivity contribution in [3.63, 3.8) is 0 Å². The van der Waals surface area contributed by atoms with Crippen molar-refractivity contribution in [2.45, 2.75) is 0 Å². The number of nitrogens with zero attached hydrogens (tertiary/aromatic N) is 1. The summed E-state index contributed by atoms with van der Waals surface area (Å²) in [6, 6.07) is 80.2. The Kier molecular flexibility index (Phi) is 10.1. The molecule has 8 aromatic carbocycles. The van der Waals surface area contributed by atoms with Crippen LogP contribution in [0.1, 0.15) is 27.8 Å². The number of nitrogens with one attached hydrogen (secondary N) is 2. The maximum absolute atomic E-state index is 9.56. The van der Waals surface area contributed by atoms with Crippen LogP contribution in [0.4, 0.5) is 0 Å². The summed E-state index contributed by atoms with van der Waals surface area (Å²) in [5.74, 6) is 0. The zero-order valence-electron chi connectivity index (χ0n) is 33.5. The first-order chi connectivity index (χ1) is 30.1. The zero-order chi connectivity index (χ0) is 41.0. The molecule has 3 nitrogen and oxygen atoms in total. The molecule has 0 saturated heterocycles. The molecule has 0 radical (unpaired) electrons. The fourth-order valence-electron chi connectivity index (χ4n) is 8.14. The quantitative estimate of drug-likeness (QED) is 0.143. The Hall–Kier alpha value is -8.14. The van der Waals surface area contributed by atoms with Gasteiger partial charge in [-0.2, -0.15) is 0 Å². The Morgan fingerprint density at radius 1 is 0.361 bits per heavy atom. The van der Waals surface area contributed by atoms with Crippen LogP contribution in [0, 0.1) is 5.41 Å². The summed E-state index contributed by atoms with van der Waals surface area (Å²) in [6.07, 6.45) is 2.23. The third kappa shape index (κ3) is 7.76. The molecule has 0 unspecified atom stereocenters. The average Bonchev–Trinajstić information content (AvgIpc) is 3.35. The van der Waals surface area contributed by atoms with Crippen LogP contribution in [-0.4, -0.2) is 10.7 Å². The number of hydrogen-bond donors (Lipinski definition) is 2. The molecule has 61 heavy (non-hydrogen) atoms. The van der Waals surface area contributed by atoms with Gasteiger partial charge in [-0.1, -0.05) is 212 Å². The average molecular weight is 780 g/mol. The van der Waals surface area contributed by atoms with Gasteiger partial charge in [0, 0.05) is 33.5 Å². The summed E-state index contributed by atoms with van der Waals surface area (Å²) in [6.45, 7) is 0. The maximum atomic E-state index is 9.56. The highest BCUT2D eigenvalue weighted by Crippen LogP contribution is 2.39. The lowest BCUT2D eigenvalue weighted by atomic mass is 9.87. The lowest BCUT2D eigenvalue weighted by Gasteiger charge is -2.26. The summed E-state index contributed by atoms with van der Waals surface area (Å²) in [4.78, 5) is 5.06. The van der Waals surface area contributed by atoms with E-state index in [1.165, 1.54) is 0 Å². The van der Waals surface area contributed by atoms with E-state index in [1.807, 2.05) is 66.7 Å². The molecule has 9 aromatic rings. The number of fused-ring (bicyclic) bond motifs is 1. The Bertz CT molecular complexity index is 2990. The summed E-state index contributed by atoms with van der Waals surface area (Å²) >= 11 is 0. The van der Waals surface area contributed by atoms with Crippen molar-refractivity contribution >= 4 is 28.8 Å². The van der Waals surface area contributed by atoms with E-state index in [-0.39, 0.29) is 0 Å². The maximum Gasteiger partial charge on any atom is 0.0715 e. The standard InChI is InChI=1S/C58H41N3/c59-57(48-24-14-5-15-25-48)56(47-22-12-4-13-23-47)58-52-35-34-49(36-51(52)39-55(61-58)46-20-10-3-11-21-46)42-30-26-40(27-31-42)41-28-32-43(33-29-41)50-37-53(44-16-6-1-7-17-44)60-54(38-50)45-18-8-2-9-19-45/h1-39,59,61H/b58-56-,59-57?. The predicted molar refractivity (Wildman–Crippen MR) is 255 cm³/mol. The van der Waals surface area contributed by atoms with E-state index >= 15 is 0 Å². The SMILES string of the molecule is N=C(/C(=C1\NC(c2ccccc2)=Cc2cc(-c3ccc(-c4ccc(-c5cc(-c6ccccc6)nc(-c6ccccc6)c5)cc4)cc3)ccc21)c1ccccc1)c1ccccc1. The molecule has 2 N–H and O–H groups in total. The molecule has 0 bridgehead atoms. The number of rotatable bonds is 9. The highest BCUT2D eigenvalue weighted by molar-refractivity contribution is 6.36. The molecule has 0 saturated carbocycles. The topological polar surface area (TPSA) is 48.8 Å². The smallest absolute Gasteiger partial charge is 0.0715 e. The van der Waals surface area contributed by atoms with Crippen LogP contribution < -0.4 is 5.32 Å². The van der Waals surface area contributed by atoms with Crippen LogP contribution in [0.5, 0.6) is 0 Å². The number of benzene rings is 8. The van der Waals surface area contributed by atoms with Crippen molar-refractivity contribution in [1.29, 1.82) is 5.41 Å². The Morgan fingerprint density at radius 2 is 0.770 bits per heavy atom. The van der Waals surface area contributed by atoms with Gasteiger partial charge in [0.1, 0.15) is 0 Å². The molecule has 288 valence electrons. The molecule has 10 rings (SSSR count). The third-order valence-corrected chi connectivity index (χ3v) is 11.3. The summed E-state index contributed by atoms with van der Waals surface area (Å²) in [7, 11) is 0. The molecule has 2 heterocycles. The van der Waals surface area contributed by atoms with E-state index in [4.69, 9.17) is 4.98 Å². The highest BCUT2D eigenvalue weighted by atomic mass is 14.9. The van der Waals surface area contributed by atoms with Crippen molar-refractivity contribution in [2.24, 2.45) is 0 Å². The lowest BCUT2D eigenvalue weighted by molar-refractivity contribution is 1.22. The van der Waals surface area contributed by atoms with Crippen molar-refractivity contribution in [3.8, 4) is 55.9 Å². The van der Waals surface area contributed by atoms with Gasteiger partial charge in [-0.15, -0.1) is 0 Å².